The van der Waals surface area contributed by atoms with E-state index in [1.807, 2.05) is 39.4 Å². The van der Waals surface area contributed by atoms with E-state index < -0.39 is 17.8 Å². The molecule has 6 heterocycles. The molecular weight excluding hydrogens is 781 g/mol. The van der Waals surface area contributed by atoms with Gasteiger partial charge in [0.05, 0.1) is 45.5 Å². The molecule has 3 aromatic rings. The van der Waals surface area contributed by atoms with E-state index >= 15 is 0 Å². The first-order valence-electron chi connectivity index (χ1n) is 19.2. The summed E-state index contributed by atoms with van der Waals surface area (Å²) in [6, 6.07) is -0.196. The fraction of sp³-hybridized carbons (Fsp3) is 0.757. The number of piperidine rings is 3. The monoisotopic (exact) mass is 837 g/mol. The van der Waals surface area contributed by atoms with Gasteiger partial charge in [-0.1, -0.05) is 0 Å². The minimum absolute atomic E-state index is 0.0160. The number of thiazole rings is 3. The first-order valence-corrected chi connectivity index (χ1v) is 21.8. The number of alkyl halides is 6. The SMILES string of the molecule is Cc1ncc(C(CN)N2CCC(F)(F)CC2C)s1.Cc1ncsc1C(CN)N1CCC(F)(F)CC1C.NCC(c1scnc1C1CC1)N1CCC(F)(F)CC1. The fourth-order valence-electron chi connectivity index (χ4n) is 7.99. The van der Waals surface area contributed by atoms with Crippen LogP contribution in [-0.4, -0.2) is 105 Å². The van der Waals surface area contributed by atoms with Gasteiger partial charge in [-0.25, -0.2) is 41.3 Å². The molecule has 1 saturated carbocycles. The van der Waals surface area contributed by atoms with Crippen molar-refractivity contribution >= 4 is 34.0 Å². The fourth-order valence-corrected chi connectivity index (χ4v) is 10.9. The van der Waals surface area contributed by atoms with Crippen molar-refractivity contribution in [3.05, 3.63) is 48.2 Å². The summed E-state index contributed by atoms with van der Waals surface area (Å²) in [5.41, 5.74) is 23.3. The van der Waals surface area contributed by atoms with Crippen LogP contribution in [-0.2, 0) is 0 Å². The zero-order chi connectivity index (χ0) is 40.1. The predicted octanol–water partition coefficient (Wildman–Crippen LogP) is 7.89. The summed E-state index contributed by atoms with van der Waals surface area (Å²) >= 11 is 4.78. The number of nitrogens with zero attached hydrogens (tertiary/aromatic N) is 6. The third-order valence-electron chi connectivity index (χ3n) is 11.2. The molecule has 7 rings (SSSR count). The van der Waals surface area contributed by atoms with Gasteiger partial charge in [0.15, 0.2) is 0 Å². The largest absolute Gasteiger partial charge is 0.329 e. The Hall–Kier alpha value is -1.77. The second-order valence-corrected chi connectivity index (χ2v) is 18.4. The molecule has 0 aromatic carbocycles. The zero-order valence-electron chi connectivity index (χ0n) is 32.2. The minimum Gasteiger partial charge on any atom is -0.329 e. The maximum absolute atomic E-state index is 13.3. The Balaban J connectivity index is 0.000000158. The van der Waals surface area contributed by atoms with Crippen LogP contribution in [0.1, 0.15) is 120 Å². The lowest BCUT2D eigenvalue weighted by molar-refractivity contribution is -0.0842. The van der Waals surface area contributed by atoms with E-state index in [9.17, 15) is 26.3 Å². The van der Waals surface area contributed by atoms with Gasteiger partial charge in [-0.2, -0.15) is 0 Å². The summed E-state index contributed by atoms with van der Waals surface area (Å²) in [5.74, 6) is -6.97. The Bertz CT molecular complexity index is 1620. The van der Waals surface area contributed by atoms with E-state index in [1.54, 1.807) is 39.5 Å². The first kappa shape index (κ1) is 44.3. The number of rotatable bonds is 10. The van der Waals surface area contributed by atoms with Crippen molar-refractivity contribution in [2.75, 3.05) is 45.8 Å². The van der Waals surface area contributed by atoms with Crippen molar-refractivity contribution in [3.63, 3.8) is 0 Å². The lowest BCUT2D eigenvalue weighted by Crippen LogP contribution is -2.48. The number of hydrogen-bond acceptors (Lipinski definition) is 12. The second kappa shape index (κ2) is 18.9. The summed E-state index contributed by atoms with van der Waals surface area (Å²) in [4.78, 5) is 22.6. The summed E-state index contributed by atoms with van der Waals surface area (Å²) in [7, 11) is 0. The van der Waals surface area contributed by atoms with Crippen molar-refractivity contribution in [1.29, 1.82) is 0 Å². The Morgan fingerprint density at radius 1 is 0.691 bits per heavy atom. The summed E-state index contributed by atoms with van der Waals surface area (Å²) in [6.45, 7) is 10.6. The first-order chi connectivity index (χ1) is 26.0. The number of aryl methyl sites for hydroxylation is 2. The molecule has 3 aromatic heterocycles. The van der Waals surface area contributed by atoms with Gasteiger partial charge in [-0.05, 0) is 40.5 Å². The number of halogens is 6. The maximum atomic E-state index is 13.3. The molecule has 3 aliphatic heterocycles. The van der Waals surface area contributed by atoms with Crippen molar-refractivity contribution in [2.24, 2.45) is 17.2 Å². The molecule has 4 aliphatic rings. The molecule has 9 nitrogen and oxygen atoms in total. The molecule has 55 heavy (non-hydrogen) atoms. The lowest BCUT2D eigenvalue weighted by Gasteiger charge is -2.41. The molecule has 0 radical (unpaired) electrons. The van der Waals surface area contributed by atoms with Gasteiger partial charge in [0.2, 0.25) is 0 Å². The highest BCUT2D eigenvalue weighted by atomic mass is 32.1. The standard InChI is InChI=1S/C13H19F2N3S.2C12H19F2N3S/c14-13(15)3-5-18(6-4-13)10(7-16)12-11(9-1-2-9)17-8-19-12;1-8-5-12(13,14)3-4-17(8)10(6-15)11-9(2)16-7-18-11;1-8-5-12(13,14)3-4-17(8)10(6-15)11-7-16-9(2)18-11/h8-10H,1-7,16H2;2*7-8,10H,3-6,15H2,1-2H3. The van der Waals surface area contributed by atoms with Crippen LogP contribution < -0.4 is 17.2 Å². The Labute approximate surface area is 333 Å². The van der Waals surface area contributed by atoms with Gasteiger partial charge in [0.1, 0.15) is 0 Å². The highest BCUT2D eigenvalue weighted by molar-refractivity contribution is 7.11. The third kappa shape index (κ3) is 11.7. The van der Waals surface area contributed by atoms with Crippen LogP contribution in [0, 0.1) is 13.8 Å². The lowest BCUT2D eigenvalue weighted by atomic mass is 9.97. The van der Waals surface area contributed by atoms with Crippen LogP contribution >= 0.6 is 34.0 Å². The van der Waals surface area contributed by atoms with E-state index in [0.717, 1.165) is 26.1 Å². The maximum Gasteiger partial charge on any atom is 0.250 e. The van der Waals surface area contributed by atoms with Gasteiger partial charge in [-0.15, -0.1) is 34.0 Å². The quantitative estimate of drug-likeness (QED) is 0.175. The Morgan fingerprint density at radius 3 is 1.65 bits per heavy atom. The molecule has 1 aliphatic carbocycles. The molecule has 3 saturated heterocycles. The molecular formula is C37H57F6N9S3. The minimum atomic E-state index is -2.53. The topological polar surface area (TPSA) is 126 Å². The van der Waals surface area contributed by atoms with Crippen LogP contribution in [0.4, 0.5) is 26.3 Å². The van der Waals surface area contributed by atoms with E-state index in [4.69, 9.17) is 17.2 Å². The van der Waals surface area contributed by atoms with Crippen LogP contribution in [0.5, 0.6) is 0 Å². The van der Waals surface area contributed by atoms with Crippen LogP contribution in [0.2, 0.25) is 0 Å². The molecule has 6 N–H and O–H groups in total. The van der Waals surface area contributed by atoms with E-state index in [2.05, 4.69) is 29.7 Å². The van der Waals surface area contributed by atoms with E-state index in [-0.39, 0.29) is 68.7 Å². The summed E-state index contributed by atoms with van der Waals surface area (Å²) < 4.78 is 79.8. The Morgan fingerprint density at radius 2 is 1.20 bits per heavy atom. The smallest absolute Gasteiger partial charge is 0.250 e. The zero-order valence-corrected chi connectivity index (χ0v) is 34.7. The van der Waals surface area contributed by atoms with Crippen LogP contribution in [0.15, 0.2) is 17.2 Å². The molecule has 310 valence electrons. The molecule has 5 atom stereocenters. The highest BCUT2D eigenvalue weighted by Crippen LogP contribution is 2.45. The number of nitrogens with two attached hydrogens (primary N) is 3. The number of hydrogen-bond donors (Lipinski definition) is 3. The molecule has 0 amide bonds. The normalized spacial score (nSPS) is 25.9. The molecule has 5 unspecified atom stereocenters. The van der Waals surface area contributed by atoms with Gasteiger partial charge >= 0.3 is 0 Å². The predicted molar refractivity (Wildman–Crippen MR) is 210 cm³/mol. The average molecular weight is 838 g/mol. The third-order valence-corrected chi connectivity index (χ3v) is 14.2. The van der Waals surface area contributed by atoms with Crippen molar-refractivity contribution in [3.8, 4) is 0 Å². The summed E-state index contributed by atoms with van der Waals surface area (Å²) in [6.07, 6.45) is 3.79. The summed E-state index contributed by atoms with van der Waals surface area (Å²) in [5, 5.41) is 0.985. The van der Waals surface area contributed by atoms with Gasteiger partial charge < -0.3 is 17.2 Å². The Kier molecular flexibility index (Phi) is 15.2. The van der Waals surface area contributed by atoms with Crippen molar-refractivity contribution < 1.29 is 26.3 Å². The van der Waals surface area contributed by atoms with Gasteiger partial charge in [0, 0.05) is 123 Å². The second-order valence-electron chi connectivity index (χ2n) is 15.4. The van der Waals surface area contributed by atoms with Crippen LogP contribution in [0.25, 0.3) is 0 Å². The van der Waals surface area contributed by atoms with Gasteiger partial charge in [0.25, 0.3) is 17.8 Å². The molecule has 0 spiro atoms. The number of likely N-dealkylation sites (tertiary alicyclic amines) is 3. The molecule has 4 fully saturated rings. The van der Waals surface area contributed by atoms with E-state index in [1.165, 1.54) is 17.7 Å². The van der Waals surface area contributed by atoms with Gasteiger partial charge in [-0.3, -0.25) is 14.7 Å². The van der Waals surface area contributed by atoms with Crippen molar-refractivity contribution in [2.45, 2.75) is 133 Å². The molecule has 0 bridgehead atoms. The van der Waals surface area contributed by atoms with Crippen molar-refractivity contribution in [1.82, 2.24) is 29.7 Å². The highest BCUT2D eigenvalue weighted by Gasteiger charge is 2.43. The van der Waals surface area contributed by atoms with Crippen LogP contribution in [0.3, 0.4) is 0 Å². The van der Waals surface area contributed by atoms with E-state index in [0.29, 0.717) is 51.7 Å². The average Bonchev–Trinajstić information content (AvgIpc) is 3.44. The number of aromatic nitrogens is 3. The molecule has 18 heteroatoms.